The van der Waals surface area contributed by atoms with Gasteiger partial charge in [0.15, 0.2) is 0 Å². The van der Waals surface area contributed by atoms with E-state index in [1.54, 1.807) is 13.8 Å². The van der Waals surface area contributed by atoms with Crippen LogP contribution in [0.25, 0.3) is 11.1 Å². The zero-order valence-corrected chi connectivity index (χ0v) is 16.5. The molecule has 0 spiro atoms. The quantitative estimate of drug-likeness (QED) is 0.600. The van der Waals surface area contributed by atoms with Crippen molar-refractivity contribution in [2.45, 2.75) is 33.7 Å². The standard InChI is InChI=1S/C20H22N4O5/c1-4-28-20(27)17-16-18(29-23-17)22-13(3)24(19(16)26)11-15(25)21-10-9-14-7-5-12(2)6-8-14/h5-8H,4,9-11H2,1-3H3,(H,21,25). The van der Waals surface area contributed by atoms with Gasteiger partial charge in [-0.15, -0.1) is 0 Å². The molecule has 0 saturated carbocycles. The molecular formula is C20H22N4O5. The van der Waals surface area contributed by atoms with Crippen molar-refractivity contribution in [3.05, 3.63) is 57.3 Å². The maximum atomic E-state index is 12.8. The van der Waals surface area contributed by atoms with E-state index in [0.717, 1.165) is 5.56 Å². The van der Waals surface area contributed by atoms with Crippen LogP contribution in [-0.2, 0) is 22.5 Å². The van der Waals surface area contributed by atoms with Gasteiger partial charge in [0.05, 0.1) is 6.61 Å². The topological polar surface area (TPSA) is 116 Å². The van der Waals surface area contributed by atoms with Crippen LogP contribution in [0, 0.1) is 13.8 Å². The van der Waals surface area contributed by atoms with E-state index in [4.69, 9.17) is 9.26 Å². The molecule has 0 saturated heterocycles. The van der Waals surface area contributed by atoms with Crippen LogP contribution in [0.2, 0.25) is 0 Å². The molecular weight excluding hydrogens is 376 g/mol. The summed E-state index contributed by atoms with van der Waals surface area (Å²) in [7, 11) is 0. The Balaban J connectivity index is 1.74. The van der Waals surface area contributed by atoms with Crippen LogP contribution in [0.15, 0.2) is 33.6 Å². The van der Waals surface area contributed by atoms with E-state index < -0.39 is 11.5 Å². The monoisotopic (exact) mass is 398 g/mol. The summed E-state index contributed by atoms with van der Waals surface area (Å²) in [6.45, 7) is 5.57. The summed E-state index contributed by atoms with van der Waals surface area (Å²) in [5.41, 5.74) is 1.40. The van der Waals surface area contributed by atoms with Gasteiger partial charge in [0.2, 0.25) is 11.6 Å². The highest BCUT2D eigenvalue weighted by atomic mass is 16.5. The number of rotatable bonds is 7. The van der Waals surface area contributed by atoms with Gasteiger partial charge in [0, 0.05) is 6.54 Å². The lowest BCUT2D eigenvalue weighted by molar-refractivity contribution is -0.121. The Morgan fingerprint density at radius 1 is 1.21 bits per heavy atom. The summed E-state index contributed by atoms with van der Waals surface area (Å²) in [6.07, 6.45) is 0.676. The molecule has 1 aromatic carbocycles. The minimum atomic E-state index is -0.775. The van der Waals surface area contributed by atoms with Crippen molar-refractivity contribution in [2.75, 3.05) is 13.2 Å². The molecule has 9 nitrogen and oxygen atoms in total. The number of amides is 1. The van der Waals surface area contributed by atoms with E-state index >= 15 is 0 Å². The van der Waals surface area contributed by atoms with Gasteiger partial charge in [0.1, 0.15) is 17.8 Å². The minimum Gasteiger partial charge on any atom is -0.461 e. The number of hydrogen-bond acceptors (Lipinski definition) is 7. The Morgan fingerprint density at radius 3 is 2.62 bits per heavy atom. The molecule has 0 fully saturated rings. The Morgan fingerprint density at radius 2 is 1.93 bits per heavy atom. The lowest BCUT2D eigenvalue weighted by Gasteiger charge is -2.10. The van der Waals surface area contributed by atoms with E-state index in [1.807, 2.05) is 31.2 Å². The van der Waals surface area contributed by atoms with Crippen LogP contribution in [0.5, 0.6) is 0 Å². The van der Waals surface area contributed by atoms with Gasteiger partial charge in [-0.25, -0.2) is 4.79 Å². The molecule has 1 N–H and O–H groups in total. The second kappa shape index (κ2) is 8.68. The summed E-state index contributed by atoms with van der Waals surface area (Å²) in [6, 6.07) is 8.05. The number of nitrogens with zero attached hydrogens (tertiary/aromatic N) is 3. The van der Waals surface area contributed by atoms with E-state index in [-0.39, 0.29) is 41.7 Å². The highest BCUT2D eigenvalue weighted by Gasteiger charge is 2.24. The van der Waals surface area contributed by atoms with Crippen LogP contribution >= 0.6 is 0 Å². The number of fused-ring (bicyclic) bond motifs is 1. The SMILES string of the molecule is CCOC(=O)c1noc2nc(C)n(CC(=O)NCCc3ccc(C)cc3)c(=O)c12. The minimum absolute atomic E-state index is 0.0633. The lowest BCUT2D eigenvalue weighted by atomic mass is 10.1. The molecule has 2 aromatic heterocycles. The van der Waals surface area contributed by atoms with Crippen molar-refractivity contribution >= 4 is 23.0 Å². The Bertz CT molecular complexity index is 1100. The molecule has 3 rings (SSSR count). The maximum absolute atomic E-state index is 12.8. The van der Waals surface area contributed by atoms with Crippen molar-refractivity contribution in [3.63, 3.8) is 0 Å². The van der Waals surface area contributed by atoms with Crippen molar-refractivity contribution in [3.8, 4) is 0 Å². The number of aryl methyl sites for hydroxylation is 2. The summed E-state index contributed by atoms with van der Waals surface area (Å²) in [5.74, 6) is -0.830. The molecule has 0 bridgehead atoms. The molecule has 0 atom stereocenters. The van der Waals surface area contributed by atoms with Crippen LogP contribution in [0.4, 0.5) is 0 Å². The Hall–Kier alpha value is -3.49. The summed E-state index contributed by atoms with van der Waals surface area (Å²) >= 11 is 0. The predicted octanol–water partition coefficient (Wildman–Crippen LogP) is 1.54. The molecule has 0 aliphatic heterocycles. The fourth-order valence-electron chi connectivity index (χ4n) is 2.87. The third kappa shape index (κ3) is 4.50. The van der Waals surface area contributed by atoms with Crippen LogP contribution in [-0.4, -0.2) is 39.7 Å². The fraction of sp³-hybridized carbons (Fsp3) is 0.350. The molecule has 152 valence electrons. The third-order valence-corrected chi connectivity index (χ3v) is 4.41. The highest BCUT2D eigenvalue weighted by Crippen LogP contribution is 2.14. The smallest absolute Gasteiger partial charge is 0.361 e. The number of nitrogens with one attached hydrogen (secondary N) is 1. The van der Waals surface area contributed by atoms with Crippen LogP contribution in [0.1, 0.15) is 34.4 Å². The average Bonchev–Trinajstić information content (AvgIpc) is 3.11. The van der Waals surface area contributed by atoms with Crippen molar-refractivity contribution in [1.29, 1.82) is 0 Å². The van der Waals surface area contributed by atoms with E-state index in [9.17, 15) is 14.4 Å². The molecule has 0 radical (unpaired) electrons. The zero-order valence-electron chi connectivity index (χ0n) is 16.5. The van der Waals surface area contributed by atoms with Crippen molar-refractivity contribution in [2.24, 2.45) is 0 Å². The highest BCUT2D eigenvalue weighted by molar-refractivity contribution is 5.99. The summed E-state index contributed by atoms with van der Waals surface area (Å²) in [5, 5.41) is 6.29. The lowest BCUT2D eigenvalue weighted by Crippen LogP contribution is -2.35. The van der Waals surface area contributed by atoms with E-state index in [2.05, 4.69) is 15.5 Å². The summed E-state index contributed by atoms with van der Waals surface area (Å²) < 4.78 is 11.1. The normalized spacial score (nSPS) is 10.9. The Labute approximate surface area is 166 Å². The number of benzene rings is 1. The molecule has 1 amide bonds. The number of carbonyl (C=O) groups excluding carboxylic acids is 2. The molecule has 0 aliphatic rings. The predicted molar refractivity (Wildman–Crippen MR) is 105 cm³/mol. The van der Waals surface area contributed by atoms with Gasteiger partial charge in [-0.05, 0) is 32.8 Å². The fourth-order valence-corrected chi connectivity index (χ4v) is 2.87. The maximum Gasteiger partial charge on any atom is 0.361 e. The number of ether oxygens (including phenoxy) is 1. The van der Waals surface area contributed by atoms with Crippen molar-refractivity contribution < 1.29 is 18.8 Å². The number of hydrogen-bond donors (Lipinski definition) is 1. The molecule has 0 aliphatic carbocycles. The van der Waals surface area contributed by atoms with Gasteiger partial charge in [0.25, 0.3) is 11.3 Å². The first-order chi connectivity index (χ1) is 13.9. The van der Waals surface area contributed by atoms with Crippen molar-refractivity contribution in [1.82, 2.24) is 20.0 Å². The van der Waals surface area contributed by atoms with Gasteiger partial charge in [-0.3, -0.25) is 14.2 Å². The van der Waals surface area contributed by atoms with Crippen LogP contribution < -0.4 is 10.9 Å². The second-order valence-corrected chi connectivity index (χ2v) is 6.57. The van der Waals surface area contributed by atoms with Gasteiger partial charge in [-0.1, -0.05) is 35.0 Å². The third-order valence-electron chi connectivity index (χ3n) is 4.41. The molecule has 3 aromatic rings. The Kier molecular flexibility index (Phi) is 6.06. The van der Waals surface area contributed by atoms with Gasteiger partial charge < -0.3 is 14.6 Å². The molecule has 9 heteroatoms. The molecule has 2 heterocycles. The van der Waals surface area contributed by atoms with Gasteiger partial charge >= 0.3 is 5.97 Å². The zero-order chi connectivity index (χ0) is 21.0. The molecule has 29 heavy (non-hydrogen) atoms. The molecule has 0 unspecified atom stereocenters. The average molecular weight is 398 g/mol. The largest absolute Gasteiger partial charge is 0.461 e. The first kappa shape index (κ1) is 20.2. The first-order valence-electron chi connectivity index (χ1n) is 9.27. The second-order valence-electron chi connectivity index (χ2n) is 6.57. The first-order valence-corrected chi connectivity index (χ1v) is 9.27. The number of esters is 1. The summed E-state index contributed by atoms with van der Waals surface area (Å²) in [4.78, 5) is 41.3. The number of carbonyl (C=O) groups is 2. The number of aromatic nitrogens is 3. The van der Waals surface area contributed by atoms with E-state index in [0.29, 0.717) is 13.0 Å². The van der Waals surface area contributed by atoms with E-state index in [1.165, 1.54) is 10.1 Å². The van der Waals surface area contributed by atoms with Gasteiger partial charge in [-0.2, -0.15) is 4.98 Å². The van der Waals surface area contributed by atoms with Crippen LogP contribution in [0.3, 0.4) is 0 Å².